The van der Waals surface area contributed by atoms with E-state index in [0.29, 0.717) is 5.92 Å². The quantitative estimate of drug-likeness (QED) is 0.922. The second kappa shape index (κ2) is 5.90. The van der Waals surface area contributed by atoms with Gasteiger partial charge in [0.1, 0.15) is 0 Å². The molecule has 4 heteroatoms. The number of aromatic nitrogens is 1. The van der Waals surface area contributed by atoms with Crippen LogP contribution in [0.25, 0.3) is 0 Å². The van der Waals surface area contributed by atoms with Crippen LogP contribution in [-0.4, -0.2) is 29.0 Å². The van der Waals surface area contributed by atoms with Gasteiger partial charge in [-0.1, -0.05) is 20.3 Å². The number of hydrogen-bond acceptors (Lipinski definition) is 4. The van der Waals surface area contributed by atoms with Crippen LogP contribution in [-0.2, 0) is 6.54 Å². The second-order valence-corrected chi connectivity index (χ2v) is 7.25. The maximum Gasteiger partial charge on any atom is 0.0798 e. The van der Waals surface area contributed by atoms with Gasteiger partial charge >= 0.3 is 0 Å². The van der Waals surface area contributed by atoms with Crippen molar-refractivity contribution in [3.63, 3.8) is 0 Å². The first kappa shape index (κ1) is 14.9. The van der Waals surface area contributed by atoms with Crippen LogP contribution in [0.15, 0.2) is 5.51 Å². The number of nitrogens with zero attached hydrogens (tertiary/aromatic N) is 2. The predicted octanol–water partition coefficient (Wildman–Crippen LogP) is 3.04. The summed E-state index contributed by atoms with van der Waals surface area (Å²) in [5.41, 5.74) is 9.48. The number of rotatable bonds is 4. The van der Waals surface area contributed by atoms with Crippen molar-refractivity contribution >= 4 is 11.3 Å². The molecule has 108 valence electrons. The topological polar surface area (TPSA) is 42.2 Å². The van der Waals surface area contributed by atoms with Crippen molar-refractivity contribution in [1.29, 1.82) is 0 Å². The predicted molar refractivity (Wildman–Crippen MR) is 82.3 cm³/mol. The Hall–Kier alpha value is -0.450. The summed E-state index contributed by atoms with van der Waals surface area (Å²) >= 11 is 1.76. The largest absolute Gasteiger partial charge is 0.329 e. The van der Waals surface area contributed by atoms with E-state index >= 15 is 0 Å². The van der Waals surface area contributed by atoms with Gasteiger partial charge in [0.25, 0.3) is 0 Å². The van der Waals surface area contributed by atoms with E-state index in [2.05, 4.69) is 37.7 Å². The Kier molecular flexibility index (Phi) is 4.64. The number of hydrogen-bond donors (Lipinski definition) is 1. The van der Waals surface area contributed by atoms with Gasteiger partial charge in [-0.2, -0.15) is 0 Å². The molecule has 2 N–H and O–H groups in total. The second-order valence-electron chi connectivity index (χ2n) is 6.31. The number of likely N-dealkylation sites (N-methyl/N-ethyl adjacent to an activating group) is 1. The van der Waals surface area contributed by atoms with E-state index in [4.69, 9.17) is 5.73 Å². The van der Waals surface area contributed by atoms with Crippen LogP contribution in [0.1, 0.15) is 43.7 Å². The van der Waals surface area contributed by atoms with Crippen LogP contribution in [0.4, 0.5) is 0 Å². The first-order chi connectivity index (χ1) is 8.99. The molecule has 1 heterocycles. The van der Waals surface area contributed by atoms with E-state index < -0.39 is 0 Å². The molecular formula is C15H27N3S. The molecule has 1 saturated carbocycles. The normalized spacial score (nSPS) is 31.9. The highest BCUT2D eigenvalue weighted by Gasteiger charge is 2.42. The highest BCUT2D eigenvalue weighted by atomic mass is 32.1. The first-order valence-electron chi connectivity index (χ1n) is 7.30. The van der Waals surface area contributed by atoms with E-state index in [-0.39, 0.29) is 5.54 Å². The Balaban J connectivity index is 2.17. The number of thiazole rings is 1. The fourth-order valence-corrected chi connectivity index (χ4v) is 4.36. The smallest absolute Gasteiger partial charge is 0.0798 e. The van der Waals surface area contributed by atoms with E-state index in [1.807, 2.05) is 5.51 Å². The summed E-state index contributed by atoms with van der Waals surface area (Å²) in [6.07, 6.45) is 3.86. The van der Waals surface area contributed by atoms with Crippen molar-refractivity contribution < 1.29 is 0 Å². The minimum Gasteiger partial charge on any atom is -0.329 e. The molecule has 0 spiro atoms. The van der Waals surface area contributed by atoms with E-state index in [9.17, 15) is 0 Å². The van der Waals surface area contributed by atoms with Crippen LogP contribution < -0.4 is 5.73 Å². The zero-order valence-electron chi connectivity index (χ0n) is 12.6. The lowest BCUT2D eigenvalue weighted by Crippen LogP contribution is -2.58. The first-order valence-corrected chi connectivity index (χ1v) is 8.18. The summed E-state index contributed by atoms with van der Waals surface area (Å²) < 4.78 is 0. The van der Waals surface area contributed by atoms with Gasteiger partial charge in [-0.25, -0.2) is 4.98 Å². The SMILES string of the molecule is Cc1ncsc1CN(C)C1(CN)CC(C)CCC1C. The lowest BCUT2D eigenvalue weighted by Gasteiger charge is -2.50. The summed E-state index contributed by atoms with van der Waals surface area (Å²) in [6, 6.07) is 0. The summed E-state index contributed by atoms with van der Waals surface area (Å²) in [7, 11) is 2.24. The molecule has 2 rings (SSSR count). The van der Waals surface area contributed by atoms with Crippen LogP contribution in [0.3, 0.4) is 0 Å². The molecule has 0 aliphatic heterocycles. The van der Waals surface area contributed by atoms with Gasteiger partial charge in [0.15, 0.2) is 0 Å². The van der Waals surface area contributed by atoms with E-state index in [0.717, 1.165) is 19.0 Å². The van der Waals surface area contributed by atoms with Gasteiger partial charge in [0, 0.05) is 23.5 Å². The molecule has 1 aliphatic carbocycles. The molecule has 0 amide bonds. The summed E-state index contributed by atoms with van der Waals surface area (Å²) in [6.45, 7) is 8.57. The van der Waals surface area contributed by atoms with Gasteiger partial charge in [0.2, 0.25) is 0 Å². The molecule has 3 unspecified atom stereocenters. The maximum atomic E-state index is 6.20. The van der Waals surface area contributed by atoms with Crippen molar-refractivity contribution in [2.45, 2.75) is 52.1 Å². The van der Waals surface area contributed by atoms with Crippen LogP contribution in [0.5, 0.6) is 0 Å². The fraction of sp³-hybridized carbons (Fsp3) is 0.800. The highest BCUT2D eigenvalue weighted by Crippen LogP contribution is 2.40. The molecule has 19 heavy (non-hydrogen) atoms. The minimum atomic E-state index is 0.161. The van der Waals surface area contributed by atoms with Crippen molar-refractivity contribution in [2.24, 2.45) is 17.6 Å². The Labute approximate surface area is 121 Å². The molecule has 3 nitrogen and oxygen atoms in total. The number of nitrogens with two attached hydrogens (primary N) is 1. The third kappa shape index (κ3) is 2.86. The van der Waals surface area contributed by atoms with E-state index in [1.54, 1.807) is 11.3 Å². The van der Waals surface area contributed by atoms with Crippen molar-refractivity contribution in [1.82, 2.24) is 9.88 Å². The fourth-order valence-electron chi connectivity index (χ4n) is 3.53. The molecule has 0 bridgehead atoms. The van der Waals surface area contributed by atoms with Crippen molar-refractivity contribution in [3.8, 4) is 0 Å². The minimum absolute atomic E-state index is 0.161. The van der Waals surface area contributed by atoms with Gasteiger partial charge in [-0.05, 0) is 38.6 Å². The van der Waals surface area contributed by atoms with Crippen molar-refractivity contribution in [2.75, 3.05) is 13.6 Å². The standard InChI is InChI=1S/C15H27N3S/c1-11-5-6-12(2)15(7-11,9-16)18(4)8-14-13(3)17-10-19-14/h10-12H,5-9,16H2,1-4H3. The highest BCUT2D eigenvalue weighted by molar-refractivity contribution is 7.09. The molecule has 0 aromatic carbocycles. The van der Waals surface area contributed by atoms with E-state index in [1.165, 1.54) is 29.8 Å². The van der Waals surface area contributed by atoms with Gasteiger partial charge in [0.05, 0.1) is 11.2 Å². The number of aryl methyl sites for hydroxylation is 1. The average Bonchev–Trinajstić information content (AvgIpc) is 2.78. The third-order valence-electron chi connectivity index (χ3n) is 5.05. The van der Waals surface area contributed by atoms with Crippen LogP contribution >= 0.6 is 11.3 Å². The Bertz CT molecular complexity index is 417. The Morgan fingerprint density at radius 3 is 2.79 bits per heavy atom. The zero-order valence-corrected chi connectivity index (χ0v) is 13.5. The molecule has 1 aromatic rings. The third-order valence-corrected chi connectivity index (χ3v) is 5.97. The lowest BCUT2D eigenvalue weighted by molar-refractivity contribution is 0.00953. The molecule has 0 radical (unpaired) electrons. The van der Waals surface area contributed by atoms with Crippen LogP contribution in [0, 0.1) is 18.8 Å². The Morgan fingerprint density at radius 1 is 1.47 bits per heavy atom. The summed E-state index contributed by atoms with van der Waals surface area (Å²) in [5.74, 6) is 1.46. The molecule has 1 aromatic heterocycles. The van der Waals surface area contributed by atoms with Crippen LogP contribution in [0.2, 0.25) is 0 Å². The molecule has 1 aliphatic rings. The monoisotopic (exact) mass is 281 g/mol. The average molecular weight is 281 g/mol. The molecular weight excluding hydrogens is 254 g/mol. The zero-order chi connectivity index (χ0) is 14.0. The summed E-state index contributed by atoms with van der Waals surface area (Å²) in [5, 5.41) is 0. The molecule has 1 fully saturated rings. The molecule has 3 atom stereocenters. The Morgan fingerprint density at radius 2 is 2.21 bits per heavy atom. The summed E-state index contributed by atoms with van der Waals surface area (Å²) in [4.78, 5) is 8.23. The van der Waals surface area contributed by atoms with Gasteiger partial charge in [-0.15, -0.1) is 11.3 Å². The maximum absolute atomic E-state index is 6.20. The molecule has 0 saturated heterocycles. The van der Waals surface area contributed by atoms with Gasteiger partial charge in [-0.3, -0.25) is 4.90 Å². The van der Waals surface area contributed by atoms with Crippen molar-refractivity contribution in [3.05, 3.63) is 16.1 Å². The lowest BCUT2D eigenvalue weighted by atomic mass is 9.69. The van der Waals surface area contributed by atoms with Gasteiger partial charge < -0.3 is 5.73 Å².